The summed E-state index contributed by atoms with van der Waals surface area (Å²) in [5, 5.41) is 3.47. The highest BCUT2D eigenvalue weighted by Gasteiger charge is 2.08. The van der Waals surface area contributed by atoms with Gasteiger partial charge in [0.2, 0.25) is 0 Å². The van der Waals surface area contributed by atoms with E-state index in [0.29, 0.717) is 4.75 Å². The Bertz CT molecular complexity index is 107. The average molecular weight is 203 g/mol. The third-order valence-electron chi connectivity index (χ3n) is 1.77. The summed E-state index contributed by atoms with van der Waals surface area (Å²) in [6.07, 6.45) is 4.01. The van der Waals surface area contributed by atoms with Crippen molar-refractivity contribution < 1.29 is 0 Å². The van der Waals surface area contributed by atoms with Crippen LogP contribution in [0.3, 0.4) is 0 Å². The van der Waals surface area contributed by atoms with E-state index in [0.717, 1.165) is 6.54 Å². The lowest BCUT2D eigenvalue weighted by Gasteiger charge is -2.17. The molecule has 0 unspecified atom stereocenters. The zero-order chi connectivity index (χ0) is 10.2. The van der Waals surface area contributed by atoms with E-state index in [2.05, 4.69) is 33.0 Å². The minimum absolute atomic E-state index is 0.422. The van der Waals surface area contributed by atoms with Crippen molar-refractivity contribution in [1.82, 2.24) is 5.32 Å². The summed E-state index contributed by atoms with van der Waals surface area (Å²) in [5.41, 5.74) is 0. The van der Waals surface area contributed by atoms with Gasteiger partial charge < -0.3 is 5.32 Å². The van der Waals surface area contributed by atoms with Crippen LogP contribution in [0.15, 0.2) is 0 Å². The molecule has 0 atom stereocenters. The smallest absolute Gasteiger partial charge is 0.00755 e. The Labute approximate surface area is 88.1 Å². The van der Waals surface area contributed by atoms with Crippen LogP contribution < -0.4 is 5.32 Å². The van der Waals surface area contributed by atoms with E-state index in [1.165, 1.54) is 31.6 Å². The Morgan fingerprint density at radius 2 is 1.77 bits per heavy atom. The number of rotatable bonds is 7. The predicted octanol–water partition coefficient (Wildman–Crippen LogP) is 3.30. The third kappa shape index (κ3) is 12.3. The molecule has 2 heteroatoms. The Balaban J connectivity index is 3.00. The van der Waals surface area contributed by atoms with E-state index in [9.17, 15) is 0 Å². The summed E-state index contributed by atoms with van der Waals surface area (Å²) in [7, 11) is 0. The molecule has 0 spiro atoms. The number of hydrogen-bond acceptors (Lipinski definition) is 2. The lowest BCUT2D eigenvalue weighted by Crippen LogP contribution is -2.20. The van der Waals surface area contributed by atoms with E-state index in [1.807, 2.05) is 11.8 Å². The fourth-order valence-corrected chi connectivity index (χ4v) is 1.91. The van der Waals surface area contributed by atoms with Gasteiger partial charge in [-0.3, -0.25) is 0 Å². The van der Waals surface area contributed by atoms with Crippen LogP contribution in [-0.4, -0.2) is 23.6 Å². The molecular formula is C11H25NS. The van der Waals surface area contributed by atoms with Crippen LogP contribution in [0.5, 0.6) is 0 Å². The molecule has 0 saturated heterocycles. The van der Waals surface area contributed by atoms with Gasteiger partial charge in [0.05, 0.1) is 0 Å². The molecule has 0 amide bonds. The topological polar surface area (TPSA) is 12.0 Å². The van der Waals surface area contributed by atoms with Gasteiger partial charge in [0.1, 0.15) is 0 Å². The maximum absolute atomic E-state index is 3.47. The fourth-order valence-electron chi connectivity index (χ4n) is 1.05. The van der Waals surface area contributed by atoms with Crippen LogP contribution in [0.4, 0.5) is 0 Å². The van der Waals surface area contributed by atoms with Crippen LogP contribution in [0.2, 0.25) is 0 Å². The molecule has 0 rings (SSSR count). The lowest BCUT2D eigenvalue weighted by molar-refractivity contribution is 0.635. The normalized spacial score (nSPS) is 12.0. The zero-order valence-electron chi connectivity index (χ0n) is 9.65. The second kappa shape index (κ2) is 7.69. The average Bonchev–Trinajstić information content (AvgIpc) is 2.01. The largest absolute Gasteiger partial charge is 0.316 e. The molecule has 13 heavy (non-hydrogen) atoms. The summed E-state index contributed by atoms with van der Waals surface area (Å²) in [5.74, 6) is 1.23. The van der Waals surface area contributed by atoms with E-state index < -0.39 is 0 Å². The van der Waals surface area contributed by atoms with Crippen molar-refractivity contribution in [3.05, 3.63) is 0 Å². The van der Waals surface area contributed by atoms with Gasteiger partial charge in [-0.1, -0.05) is 40.5 Å². The van der Waals surface area contributed by atoms with Gasteiger partial charge in [0.25, 0.3) is 0 Å². The first-order valence-corrected chi connectivity index (χ1v) is 6.39. The minimum Gasteiger partial charge on any atom is -0.316 e. The van der Waals surface area contributed by atoms with Crippen LogP contribution in [-0.2, 0) is 0 Å². The molecule has 0 fully saturated rings. The Morgan fingerprint density at radius 1 is 1.08 bits per heavy atom. The molecule has 0 aromatic heterocycles. The molecule has 0 aromatic rings. The fraction of sp³-hybridized carbons (Fsp3) is 1.00. The highest BCUT2D eigenvalue weighted by Crippen LogP contribution is 2.21. The van der Waals surface area contributed by atoms with E-state index >= 15 is 0 Å². The second-order valence-corrected chi connectivity index (χ2v) is 6.34. The summed E-state index contributed by atoms with van der Waals surface area (Å²) in [6.45, 7) is 11.4. The monoisotopic (exact) mass is 203 g/mol. The Hall–Kier alpha value is 0.310. The molecule has 0 radical (unpaired) electrons. The SMILES string of the molecule is CCCCCNCCSC(C)(C)C. The summed E-state index contributed by atoms with van der Waals surface area (Å²) >= 11 is 2.03. The quantitative estimate of drug-likeness (QED) is 0.637. The predicted molar refractivity (Wildman–Crippen MR) is 64.6 cm³/mol. The molecule has 0 aliphatic rings. The Kier molecular flexibility index (Phi) is 7.87. The highest BCUT2D eigenvalue weighted by atomic mass is 32.2. The van der Waals surface area contributed by atoms with Crippen LogP contribution >= 0.6 is 11.8 Å². The summed E-state index contributed by atoms with van der Waals surface area (Å²) in [6, 6.07) is 0. The molecule has 0 heterocycles. The first kappa shape index (κ1) is 13.3. The maximum atomic E-state index is 3.47. The summed E-state index contributed by atoms with van der Waals surface area (Å²) in [4.78, 5) is 0. The molecule has 1 N–H and O–H groups in total. The molecule has 1 nitrogen and oxygen atoms in total. The maximum Gasteiger partial charge on any atom is 0.00755 e. The van der Waals surface area contributed by atoms with Crippen molar-refractivity contribution in [1.29, 1.82) is 0 Å². The first-order chi connectivity index (χ1) is 6.06. The third-order valence-corrected chi connectivity index (χ3v) is 3.05. The highest BCUT2D eigenvalue weighted by molar-refractivity contribution is 8.00. The number of thioether (sulfide) groups is 1. The van der Waals surface area contributed by atoms with Crippen LogP contribution in [0.1, 0.15) is 47.0 Å². The van der Waals surface area contributed by atoms with Crippen molar-refractivity contribution >= 4 is 11.8 Å². The van der Waals surface area contributed by atoms with Crippen molar-refractivity contribution in [3.8, 4) is 0 Å². The van der Waals surface area contributed by atoms with Gasteiger partial charge in [0, 0.05) is 17.0 Å². The van der Waals surface area contributed by atoms with Crippen molar-refractivity contribution in [3.63, 3.8) is 0 Å². The molecule has 0 saturated carbocycles. The van der Waals surface area contributed by atoms with Gasteiger partial charge in [-0.25, -0.2) is 0 Å². The first-order valence-electron chi connectivity index (χ1n) is 5.41. The van der Waals surface area contributed by atoms with Gasteiger partial charge in [-0.2, -0.15) is 11.8 Å². The van der Waals surface area contributed by atoms with Crippen LogP contribution in [0, 0.1) is 0 Å². The van der Waals surface area contributed by atoms with Gasteiger partial charge in [-0.15, -0.1) is 0 Å². The van der Waals surface area contributed by atoms with Gasteiger partial charge in [0.15, 0.2) is 0 Å². The van der Waals surface area contributed by atoms with Crippen LogP contribution in [0.25, 0.3) is 0 Å². The Morgan fingerprint density at radius 3 is 2.31 bits per heavy atom. The van der Waals surface area contributed by atoms with Gasteiger partial charge in [-0.05, 0) is 13.0 Å². The van der Waals surface area contributed by atoms with E-state index in [4.69, 9.17) is 0 Å². The standard InChI is InChI=1S/C11H25NS/c1-5-6-7-8-12-9-10-13-11(2,3)4/h12H,5-10H2,1-4H3. The van der Waals surface area contributed by atoms with E-state index in [-0.39, 0.29) is 0 Å². The minimum atomic E-state index is 0.422. The molecule has 0 aromatic carbocycles. The lowest BCUT2D eigenvalue weighted by atomic mass is 10.2. The number of hydrogen-bond donors (Lipinski definition) is 1. The number of nitrogens with one attached hydrogen (secondary N) is 1. The molecular weight excluding hydrogens is 178 g/mol. The molecule has 0 aliphatic heterocycles. The number of unbranched alkanes of at least 4 members (excludes halogenated alkanes) is 2. The van der Waals surface area contributed by atoms with E-state index in [1.54, 1.807) is 0 Å². The van der Waals surface area contributed by atoms with Crippen molar-refractivity contribution in [2.45, 2.75) is 51.7 Å². The molecule has 80 valence electrons. The van der Waals surface area contributed by atoms with Gasteiger partial charge >= 0.3 is 0 Å². The zero-order valence-corrected chi connectivity index (χ0v) is 10.5. The van der Waals surface area contributed by atoms with Crippen molar-refractivity contribution in [2.24, 2.45) is 0 Å². The summed E-state index contributed by atoms with van der Waals surface area (Å²) < 4.78 is 0.422. The molecule has 0 bridgehead atoms. The van der Waals surface area contributed by atoms with Crippen molar-refractivity contribution in [2.75, 3.05) is 18.8 Å². The second-order valence-electron chi connectivity index (χ2n) is 4.42. The molecule has 0 aliphatic carbocycles.